The second kappa shape index (κ2) is 7.62. The minimum absolute atomic E-state index is 0.480. The van der Waals surface area contributed by atoms with Crippen LogP contribution in [-0.2, 0) is 19.5 Å². The van der Waals surface area contributed by atoms with Crippen molar-refractivity contribution in [3.63, 3.8) is 0 Å². The molecule has 4 rings (SSSR count). The third-order valence-corrected chi connectivity index (χ3v) is 5.29. The lowest BCUT2D eigenvalue weighted by Gasteiger charge is -2.20. The van der Waals surface area contributed by atoms with Gasteiger partial charge in [-0.1, -0.05) is 17.7 Å². The zero-order chi connectivity index (χ0) is 18.8. The number of hydrogen-bond donors (Lipinski definition) is 3. The van der Waals surface area contributed by atoms with Gasteiger partial charge in [0.2, 0.25) is 0 Å². The van der Waals surface area contributed by atoms with Gasteiger partial charge in [-0.15, -0.1) is 0 Å². The van der Waals surface area contributed by atoms with Crippen molar-refractivity contribution in [3.8, 4) is 5.75 Å². The predicted molar refractivity (Wildman–Crippen MR) is 110 cm³/mol. The molecule has 1 unspecified atom stereocenters. The number of aromatic nitrogens is 1. The first-order chi connectivity index (χ1) is 13.2. The average molecular weight is 365 g/mol. The van der Waals surface area contributed by atoms with E-state index in [-0.39, 0.29) is 0 Å². The van der Waals surface area contributed by atoms with E-state index in [0.717, 1.165) is 30.9 Å². The third kappa shape index (κ3) is 3.66. The average Bonchev–Trinajstić information content (AvgIpc) is 3.00. The van der Waals surface area contributed by atoms with E-state index < -0.39 is 6.10 Å². The van der Waals surface area contributed by atoms with E-state index in [1.54, 1.807) is 7.11 Å². The Hall–Kier alpha value is -2.50. The van der Waals surface area contributed by atoms with E-state index in [0.29, 0.717) is 13.1 Å². The van der Waals surface area contributed by atoms with Crippen LogP contribution in [0.2, 0.25) is 0 Å². The molecule has 0 saturated carbocycles. The van der Waals surface area contributed by atoms with Gasteiger partial charge < -0.3 is 25.0 Å². The van der Waals surface area contributed by atoms with Gasteiger partial charge in [-0.3, -0.25) is 0 Å². The monoisotopic (exact) mass is 365 g/mol. The summed E-state index contributed by atoms with van der Waals surface area (Å²) in [5.74, 6) is 0.808. The highest BCUT2D eigenvalue weighted by atomic mass is 16.5. The summed E-state index contributed by atoms with van der Waals surface area (Å²) < 4.78 is 7.56. The Kier molecular flexibility index (Phi) is 5.05. The lowest BCUT2D eigenvalue weighted by atomic mass is 10.0. The predicted octanol–water partition coefficient (Wildman–Crippen LogP) is 3.08. The van der Waals surface area contributed by atoms with E-state index in [2.05, 4.69) is 40.3 Å². The number of hydrogen-bond acceptors (Lipinski definition) is 4. The van der Waals surface area contributed by atoms with Gasteiger partial charge in [-0.05, 0) is 36.8 Å². The highest BCUT2D eigenvalue weighted by Crippen LogP contribution is 2.29. The highest BCUT2D eigenvalue weighted by Gasteiger charge is 2.21. The second-order valence-electron chi connectivity index (χ2n) is 7.25. The Morgan fingerprint density at radius 3 is 3.00 bits per heavy atom. The summed E-state index contributed by atoms with van der Waals surface area (Å²) in [5.41, 5.74) is 6.18. The van der Waals surface area contributed by atoms with Crippen molar-refractivity contribution in [2.45, 2.75) is 32.5 Å². The van der Waals surface area contributed by atoms with Gasteiger partial charge in [-0.25, -0.2) is 0 Å². The molecular formula is C22H27N3O2. The molecule has 3 N–H and O–H groups in total. The molecule has 0 amide bonds. The Morgan fingerprint density at radius 1 is 1.26 bits per heavy atom. The Balaban J connectivity index is 1.54. The van der Waals surface area contributed by atoms with Crippen LogP contribution < -0.4 is 15.4 Å². The van der Waals surface area contributed by atoms with Crippen molar-refractivity contribution in [1.82, 2.24) is 9.88 Å². The van der Waals surface area contributed by atoms with Crippen LogP contribution in [-0.4, -0.2) is 36.0 Å². The number of methoxy groups -OCH3 is 1. The van der Waals surface area contributed by atoms with Gasteiger partial charge in [-0.2, -0.15) is 0 Å². The molecule has 3 aromatic rings. The molecule has 2 aromatic carbocycles. The third-order valence-electron chi connectivity index (χ3n) is 5.29. The summed E-state index contributed by atoms with van der Waals surface area (Å²) >= 11 is 0. The number of aliphatic hydroxyl groups is 1. The van der Waals surface area contributed by atoms with Crippen LogP contribution in [0.15, 0.2) is 42.5 Å². The second-order valence-corrected chi connectivity index (χ2v) is 7.25. The Bertz CT molecular complexity index is 948. The van der Waals surface area contributed by atoms with Gasteiger partial charge in [0.25, 0.3) is 0 Å². The van der Waals surface area contributed by atoms with Crippen LogP contribution in [0.1, 0.15) is 16.8 Å². The molecule has 1 aliphatic heterocycles. The minimum Gasteiger partial charge on any atom is -0.497 e. The maximum atomic E-state index is 10.7. The van der Waals surface area contributed by atoms with E-state index in [1.807, 2.05) is 24.3 Å². The fourth-order valence-electron chi connectivity index (χ4n) is 3.95. The largest absolute Gasteiger partial charge is 0.497 e. The van der Waals surface area contributed by atoms with E-state index in [9.17, 15) is 5.11 Å². The van der Waals surface area contributed by atoms with Crippen LogP contribution in [0.4, 0.5) is 5.69 Å². The fraction of sp³-hybridized carbons (Fsp3) is 0.364. The molecule has 1 atom stereocenters. The van der Waals surface area contributed by atoms with Crippen molar-refractivity contribution in [2.75, 3.05) is 25.5 Å². The number of rotatable bonds is 6. The molecule has 2 heterocycles. The zero-order valence-electron chi connectivity index (χ0n) is 16.0. The molecular weight excluding hydrogens is 338 g/mol. The van der Waals surface area contributed by atoms with Crippen LogP contribution >= 0.6 is 0 Å². The molecule has 0 saturated heterocycles. The van der Waals surface area contributed by atoms with Gasteiger partial charge in [0.15, 0.2) is 0 Å². The number of aliphatic hydroxyl groups excluding tert-OH is 1. The van der Waals surface area contributed by atoms with Crippen molar-refractivity contribution < 1.29 is 9.84 Å². The minimum atomic E-state index is -0.480. The van der Waals surface area contributed by atoms with Gasteiger partial charge in [0.05, 0.1) is 19.8 Å². The van der Waals surface area contributed by atoms with Gasteiger partial charge in [0, 0.05) is 54.4 Å². The lowest BCUT2D eigenvalue weighted by Crippen LogP contribution is -2.28. The number of nitrogens with zero attached hydrogens (tertiary/aromatic N) is 1. The number of nitrogens with one attached hydrogen (secondary N) is 2. The SMILES string of the molecule is COc1cccc(NCC(O)Cn2c3c(c4cc(C)ccc42)CNCC3)c1. The maximum Gasteiger partial charge on any atom is 0.120 e. The summed E-state index contributed by atoms with van der Waals surface area (Å²) in [4.78, 5) is 0. The normalized spacial score (nSPS) is 14.8. The molecule has 5 heteroatoms. The van der Waals surface area contributed by atoms with Crippen molar-refractivity contribution >= 4 is 16.6 Å². The smallest absolute Gasteiger partial charge is 0.120 e. The summed E-state index contributed by atoms with van der Waals surface area (Å²) in [5, 5.41) is 18.8. The molecule has 142 valence electrons. The van der Waals surface area contributed by atoms with Crippen molar-refractivity contribution in [1.29, 1.82) is 0 Å². The van der Waals surface area contributed by atoms with E-state index in [1.165, 1.54) is 27.7 Å². The summed E-state index contributed by atoms with van der Waals surface area (Å²) in [7, 11) is 1.66. The molecule has 0 aliphatic carbocycles. The molecule has 0 bridgehead atoms. The highest BCUT2D eigenvalue weighted by molar-refractivity contribution is 5.86. The van der Waals surface area contributed by atoms with Gasteiger partial charge in [0.1, 0.15) is 5.75 Å². The van der Waals surface area contributed by atoms with Crippen LogP contribution in [0.25, 0.3) is 10.9 Å². The first kappa shape index (κ1) is 17.9. The van der Waals surface area contributed by atoms with Crippen LogP contribution in [0, 0.1) is 6.92 Å². The number of anilines is 1. The standard InChI is InChI=1S/C22H27N3O2/c1-15-6-7-21-19(10-15)20-13-23-9-8-22(20)25(21)14-17(26)12-24-16-4-3-5-18(11-16)27-2/h3-7,10-11,17,23-24,26H,8-9,12-14H2,1-2H3. The van der Waals surface area contributed by atoms with Crippen molar-refractivity contribution in [3.05, 3.63) is 59.3 Å². The lowest BCUT2D eigenvalue weighted by molar-refractivity contribution is 0.167. The molecule has 5 nitrogen and oxygen atoms in total. The Morgan fingerprint density at radius 2 is 2.15 bits per heavy atom. The van der Waals surface area contributed by atoms with Crippen LogP contribution in [0.5, 0.6) is 5.75 Å². The molecule has 0 fully saturated rings. The summed E-state index contributed by atoms with van der Waals surface area (Å²) in [6.07, 6.45) is 0.520. The molecule has 1 aliphatic rings. The fourth-order valence-corrected chi connectivity index (χ4v) is 3.95. The number of ether oxygens (including phenoxy) is 1. The first-order valence-electron chi connectivity index (χ1n) is 9.53. The molecule has 27 heavy (non-hydrogen) atoms. The number of fused-ring (bicyclic) bond motifs is 3. The number of benzene rings is 2. The van der Waals surface area contributed by atoms with E-state index in [4.69, 9.17) is 4.74 Å². The molecule has 0 radical (unpaired) electrons. The first-order valence-corrected chi connectivity index (χ1v) is 9.53. The molecule has 0 spiro atoms. The topological polar surface area (TPSA) is 58.4 Å². The van der Waals surface area contributed by atoms with Crippen LogP contribution in [0.3, 0.4) is 0 Å². The van der Waals surface area contributed by atoms with E-state index >= 15 is 0 Å². The Labute approximate surface area is 160 Å². The molecule has 1 aromatic heterocycles. The number of aryl methyl sites for hydroxylation is 1. The summed E-state index contributed by atoms with van der Waals surface area (Å²) in [6, 6.07) is 14.4. The van der Waals surface area contributed by atoms with Crippen molar-refractivity contribution in [2.24, 2.45) is 0 Å². The van der Waals surface area contributed by atoms with Gasteiger partial charge >= 0.3 is 0 Å². The quantitative estimate of drug-likeness (QED) is 0.628. The zero-order valence-corrected chi connectivity index (χ0v) is 16.0. The maximum absolute atomic E-state index is 10.7. The summed E-state index contributed by atoms with van der Waals surface area (Å²) in [6.45, 7) is 5.10.